The van der Waals surface area contributed by atoms with Gasteiger partial charge < -0.3 is 0 Å². The summed E-state index contributed by atoms with van der Waals surface area (Å²) in [5, 5.41) is 0. The number of benzene rings is 6. The average molecular weight is 585 g/mol. The summed E-state index contributed by atoms with van der Waals surface area (Å²) in [6.07, 6.45) is 1.97. The van der Waals surface area contributed by atoms with Crippen molar-refractivity contribution in [1.29, 1.82) is 0 Å². The zero-order chi connectivity index (χ0) is 30.2. The SMILES string of the molecule is Cc1ccc2c(c1)N1c3ncccc3C3(c4ccccc4-c4ccccc43)c3cccc(c31)C21c2ccccc2-c2ccccc21. The van der Waals surface area contributed by atoms with Crippen LogP contribution in [0.25, 0.3) is 22.3 Å². The lowest BCUT2D eigenvalue weighted by atomic mass is 9.59. The molecule has 0 amide bonds. The molecule has 214 valence electrons. The Balaban J connectivity index is 1.38. The van der Waals surface area contributed by atoms with Gasteiger partial charge in [-0.05, 0) is 85.8 Å². The van der Waals surface area contributed by atoms with Crippen LogP contribution in [-0.4, -0.2) is 4.98 Å². The van der Waals surface area contributed by atoms with E-state index in [2.05, 4.69) is 157 Å². The topological polar surface area (TPSA) is 16.1 Å². The number of hydrogen-bond acceptors (Lipinski definition) is 2. The Labute approximate surface area is 268 Å². The monoisotopic (exact) mass is 584 g/mol. The summed E-state index contributed by atoms with van der Waals surface area (Å²) in [6, 6.07) is 54.7. The van der Waals surface area contributed by atoms with Gasteiger partial charge in [0, 0.05) is 11.8 Å². The number of hydrogen-bond donors (Lipinski definition) is 0. The summed E-state index contributed by atoms with van der Waals surface area (Å²) >= 11 is 0. The van der Waals surface area contributed by atoms with Gasteiger partial charge in [-0.3, -0.25) is 4.90 Å². The quantitative estimate of drug-likeness (QED) is 0.176. The van der Waals surface area contributed by atoms with Crippen LogP contribution in [0.3, 0.4) is 0 Å². The third-order valence-electron chi connectivity index (χ3n) is 11.2. The van der Waals surface area contributed by atoms with Crippen LogP contribution >= 0.6 is 0 Å². The van der Waals surface area contributed by atoms with E-state index >= 15 is 0 Å². The first kappa shape index (κ1) is 24.6. The van der Waals surface area contributed by atoms with Crippen molar-refractivity contribution in [2.24, 2.45) is 0 Å². The molecule has 46 heavy (non-hydrogen) atoms. The first-order chi connectivity index (χ1) is 22.8. The van der Waals surface area contributed by atoms with Crippen LogP contribution in [0.2, 0.25) is 0 Å². The van der Waals surface area contributed by atoms with E-state index in [1.165, 1.54) is 83.7 Å². The van der Waals surface area contributed by atoms with Crippen molar-refractivity contribution in [2.75, 3.05) is 4.90 Å². The van der Waals surface area contributed by atoms with E-state index in [0.717, 1.165) is 5.82 Å². The molecule has 0 radical (unpaired) electrons. The predicted molar refractivity (Wildman–Crippen MR) is 185 cm³/mol. The van der Waals surface area contributed by atoms with Gasteiger partial charge in [0.1, 0.15) is 5.82 Å². The highest BCUT2D eigenvalue weighted by Crippen LogP contribution is 2.69. The number of aromatic nitrogens is 1. The Morgan fingerprint density at radius 3 is 1.43 bits per heavy atom. The second-order valence-corrected chi connectivity index (χ2v) is 13.1. The molecule has 2 spiro atoms. The molecule has 0 unspecified atom stereocenters. The molecular weight excluding hydrogens is 556 g/mol. The Hall–Kier alpha value is -5.73. The van der Waals surface area contributed by atoms with Gasteiger partial charge in [0.15, 0.2) is 0 Å². The van der Waals surface area contributed by atoms with Crippen LogP contribution < -0.4 is 4.90 Å². The second-order valence-electron chi connectivity index (χ2n) is 13.1. The summed E-state index contributed by atoms with van der Waals surface area (Å²) in [7, 11) is 0. The summed E-state index contributed by atoms with van der Waals surface area (Å²) in [6.45, 7) is 2.21. The third kappa shape index (κ3) is 2.55. The molecule has 0 fully saturated rings. The van der Waals surface area contributed by atoms with E-state index < -0.39 is 10.8 Å². The van der Waals surface area contributed by atoms with Crippen molar-refractivity contribution in [2.45, 2.75) is 17.8 Å². The maximum Gasteiger partial charge on any atom is 0.142 e. The fourth-order valence-electron chi connectivity index (χ4n) is 9.66. The average Bonchev–Trinajstić information content (AvgIpc) is 3.57. The van der Waals surface area contributed by atoms with Gasteiger partial charge in [-0.1, -0.05) is 133 Å². The zero-order valence-electron chi connectivity index (χ0n) is 25.3. The van der Waals surface area contributed by atoms with Gasteiger partial charge in [-0.25, -0.2) is 4.98 Å². The molecular formula is C44H28N2. The van der Waals surface area contributed by atoms with Crippen LogP contribution in [-0.2, 0) is 10.8 Å². The Morgan fingerprint density at radius 2 is 0.891 bits per heavy atom. The first-order valence-electron chi connectivity index (χ1n) is 16.1. The second kappa shape index (κ2) is 8.29. The van der Waals surface area contributed by atoms with E-state index in [1.807, 2.05) is 6.20 Å². The number of aryl methyl sites for hydroxylation is 1. The molecule has 2 aliphatic carbocycles. The molecule has 7 aromatic rings. The summed E-state index contributed by atoms with van der Waals surface area (Å²) in [4.78, 5) is 7.76. The van der Waals surface area contributed by atoms with Crippen molar-refractivity contribution in [3.8, 4) is 22.3 Å². The lowest BCUT2D eigenvalue weighted by Gasteiger charge is -2.51. The number of rotatable bonds is 0. The largest absolute Gasteiger partial charge is 0.294 e. The van der Waals surface area contributed by atoms with Crippen LogP contribution in [0.15, 0.2) is 152 Å². The van der Waals surface area contributed by atoms with E-state index in [9.17, 15) is 0 Å². The number of fused-ring (bicyclic) bond motifs is 18. The minimum atomic E-state index is -0.501. The van der Waals surface area contributed by atoms with Gasteiger partial charge in [-0.2, -0.15) is 0 Å². The van der Waals surface area contributed by atoms with Crippen LogP contribution in [0.1, 0.15) is 50.1 Å². The summed E-state index contributed by atoms with van der Waals surface area (Å²) in [5.74, 6) is 1.01. The van der Waals surface area contributed by atoms with E-state index in [0.29, 0.717) is 0 Å². The number of nitrogens with zero attached hydrogens (tertiary/aromatic N) is 2. The Morgan fingerprint density at radius 1 is 0.435 bits per heavy atom. The van der Waals surface area contributed by atoms with Crippen LogP contribution in [0.5, 0.6) is 0 Å². The van der Waals surface area contributed by atoms with E-state index in [1.54, 1.807) is 0 Å². The maximum absolute atomic E-state index is 5.27. The smallest absolute Gasteiger partial charge is 0.142 e. The summed E-state index contributed by atoms with van der Waals surface area (Å²) in [5.41, 5.74) is 18.5. The Bertz CT molecular complexity index is 2360. The molecule has 0 saturated carbocycles. The molecule has 2 heteroatoms. The van der Waals surface area contributed by atoms with Gasteiger partial charge in [0.05, 0.1) is 22.2 Å². The van der Waals surface area contributed by atoms with Gasteiger partial charge >= 0.3 is 0 Å². The van der Waals surface area contributed by atoms with Gasteiger partial charge in [0.25, 0.3) is 0 Å². The molecule has 1 aromatic heterocycles. The molecule has 0 saturated heterocycles. The molecule has 0 bridgehead atoms. The molecule has 2 nitrogen and oxygen atoms in total. The number of pyridine rings is 1. The molecule has 3 heterocycles. The molecule has 4 aliphatic rings. The fraction of sp³-hybridized carbons (Fsp3) is 0.0682. The number of anilines is 3. The van der Waals surface area contributed by atoms with Crippen molar-refractivity contribution < 1.29 is 0 Å². The lowest BCUT2D eigenvalue weighted by molar-refractivity contribution is 0.702. The maximum atomic E-state index is 5.27. The Kier molecular flexibility index (Phi) is 4.43. The highest BCUT2D eigenvalue weighted by Gasteiger charge is 2.58. The predicted octanol–water partition coefficient (Wildman–Crippen LogP) is 10.2. The molecule has 2 aliphatic heterocycles. The fourth-order valence-corrected chi connectivity index (χ4v) is 9.66. The molecule has 6 aromatic carbocycles. The van der Waals surface area contributed by atoms with Gasteiger partial charge in [-0.15, -0.1) is 0 Å². The van der Waals surface area contributed by atoms with Crippen molar-refractivity contribution >= 4 is 17.2 Å². The zero-order valence-corrected chi connectivity index (χ0v) is 25.3. The highest BCUT2D eigenvalue weighted by atomic mass is 15.2. The minimum absolute atomic E-state index is 0.469. The minimum Gasteiger partial charge on any atom is -0.294 e. The van der Waals surface area contributed by atoms with Gasteiger partial charge in [0.2, 0.25) is 0 Å². The highest BCUT2D eigenvalue weighted by molar-refractivity contribution is 6.01. The standard InChI is InChI=1S/C44H28N2/c1-27-23-24-36-40(26-27)46-41-37(43(36)32-16-6-2-12-28(32)29-13-3-7-17-33(29)43)20-10-21-38(41)44(39-22-11-25-45-42(39)46)34-18-8-4-14-30(34)31-15-5-9-19-35(31)44/h2-26H,1H3. The first-order valence-corrected chi connectivity index (χ1v) is 16.1. The van der Waals surface area contributed by atoms with Crippen LogP contribution in [0.4, 0.5) is 17.2 Å². The van der Waals surface area contributed by atoms with Crippen molar-refractivity contribution in [1.82, 2.24) is 4.98 Å². The van der Waals surface area contributed by atoms with Crippen molar-refractivity contribution in [3.05, 3.63) is 202 Å². The van der Waals surface area contributed by atoms with Crippen LogP contribution in [0, 0.1) is 6.92 Å². The normalized spacial score (nSPS) is 15.8. The molecule has 0 N–H and O–H groups in total. The third-order valence-corrected chi connectivity index (χ3v) is 11.2. The summed E-state index contributed by atoms with van der Waals surface area (Å²) < 4.78 is 0. The molecule has 11 rings (SSSR count). The lowest BCUT2D eigenvalue weighted by Crippen LogP contribution is -2.43. The molecule has 0 atom stereocenters. The number of para-hydroxylation sites is 1. The van der Waals surface area contributed by atoms with E-state index in [-0.39, 0.29) is 0 Å². The van der Waals surface area contributed by atoms with E-state index in [4.69, 9.17) is 4.98 Å². The van der Waals surface area contributed by atoms with Crippen molar-refractivity contribution in [3.63, 3.8) is 0 Å².